The Hall–Kier alpha value is -2.28. The molecule has 7 heteroatoms. The fourth-order valence-corrected chi connectivity index (χ4v) is 2.93. The highest BCUT2D eigenvalue weighted by Gasteiger charge is 2.24. The number of rotatable bonds is 5. The molecule has 1 saturated heterocycles. The maximum atomic E-state index is 12.4. The molecule has 0 spiro atoms. The number of hydrogen-bond acceptors (Lipinski definition) is 5. The minimum atomic E-state index is -0.127. The summed E-state index contributed by atoms with van der Waals surface area (Å²) in [7, 11) is 1.59. The summed E-state index contributed by atoms with van der Waals surface area (Å²) in [6.45, 7) is 1.96. The van der Waals surface area contributed by atoms with Crippen molar-refractivity contribution in [2.24, 2.45) is 0 Å². The number of piperidine rings is 1. The van der Waals surface area contributed by atoms with Crippen molar-refractivity contribution in [3.8, 4) is 11.5 Å². The van der Waals surface area contributed by atoms with Crippen LogP contribution in [-0.4, -0.2) is 56.4 Å². The first kappa shape index (κ1) is 16.6. The van der Waals surface area contributed by atoms with Crippen molar-refractivity contribution in [1.82, 2.24) is 10.2 Å². The molecule has 0 unspecified atom stereocenters. The van der Waals surface area contributed by atoms with E-state index in [-0.39, 0.29) is 24.6 Å². The van der Waals surface area contributed by atoms with E-state index in [1.165, 1.54) is 0 Å². The van der Waals surface area contributed by atoms with E-state index in [2.05, 4.69) is 5.32 Å². The number of benzene rings is 1. The number of fused-ring (bicyclic) bond motifs is 1. The highest BCUT2D eigenvalue weighted by atomic mass is 16.7. The molecule has 7 nitrogen and oxygen atoms in total. The molecule has 3 rings (SSSR count). The Morgan fingerprint density at radius 3 is 2.75 bits per heavy atom. The molecule has 0 aliphatic carbocycles. The fraction of sp³-hybridized carbons (Fsp3) is 0.529. The number of ether oxygens (including phenoxy) is 3. The number of carbonyl (C=O) groups excluding carboxylic acids is 2. The molecule has 0 radical (unpaired) electrons. The van der Waals surface area contributed by atoms with Crippen molar-refractivity contribution in [2.45, 2.75) is 25.3 Å². The zero-order chi connectivity index (χ0) is 16.9. The van der Waals surface area contributed by atoms with E-state index in [0.29, 0.717) is 43.2 Å². The molecule has 0 aromatic heterocycles. The molecule has 2 aliphatic heterocycles. The fourth-order valence-electron chi connectivity index (χ4n) is 2.93. The summed E-state index contributed by atoms with van der Waals surface area (Å²) in [5, 5.41) is 3.03. The van der Waals surface area contributed by atoms with Crippen molar-refractivity contribution in [3.05, 3.63) is 23.8 Å². The SMILES string of the molecule is COCCC(=O)N1CCC(NC(=O)c2ccc3c(c2)OCO3)CC1. The lowest BCUT2D eigenvalue weighted by Crippen LogP contribution is -2.46. The second kappa shape index (κ2) is 7.53. The standard InChI is InChI=1S/C17H22N2O5/c1-22-9-6-16(20)19-7-4-13(5-8-19)18-17(21)12-2-3-14-15(10-12)24-11-23-14/h2-3,10,13H,4-9,11H2,1H3,(H,18,21). The Kier molecular flexibility index (Phi) is 5.20. The van der Waals surface area contributed by atoms with Crippen LogP contribution < -0.4 is 14.8 Å². The van der Waals surface area contributed by atoms with Crippen LogP contribution in [0.5, 0.6) is 11.5 Å². The normalized spacial score (nSPS) is 17.0. The molecule has 1 fully saturated rings. The molecule has 1 aromatic rings. The van der Waals surface area contributed by atoms with E-state index < -0.39 is 0 Å². The van der Waals surface area contributed by atoms with Gasteiger partial charge in [-0.2, -0.15) is 0 Å². The predicted octanol–water partition coefficient (Wildman–Crippen LogP) is 1.17. The minimum Gasteiger partial charge on any atom is -0.454 e. The van der Waals surface area contributed by atoms with Gasteiger partial charge in [-0.25, -0.2) is 0 Å². The summed E-state index contributed by atoms with van der Waals surface area (Å²) in [4.78, 5) is 26.1. The van der Waals surface area contributed by atoms with Crippen molar-refractivity contribution >= 4 is 11.8 Å². The molecule has 2 amide bonds. The molecule has 2 heterocycles. The van der Waals surface area contributed by atoms with Crippen LogP contribution in [0.3, 0.4) is 0 Å². The van der Waals surface area contributed by atoms with Crippen LogP contribution >= 0.6 is 0 Å². The highest BCUT2D eigenvalue weighted by molar-refractivity contribution is 5.95. The average molecular weight is 334 g/mol. The number of likely N-dealkylation sites (tertiary alicyclic amines) is 1. The maximum Gasteiger partial charge on any atom is 0.251 e. The number of hydrogen-bond donors (Lipinski definition) is 1. The van der Waals surface area contributed by atoms with Crippen LogP contribution in [-0.2, 0) is 9.53 Å². The Bertz CT molecular complexity index is 611. The van der Waals surface area contributed by atoms with E-state index in [0.717, 1.165) is 12.8 Å². The van der Waals surface area contributed by atoms with Gasteiger partial charge in [0, 0.05) is 31.8 Å². The minimum absolute atomic E-state index is 0.0781. The van der Waals surface area contributed by atoms with Crippen LogP contribution in [0.15, 0.2) is 18.2 Å². The number of carbonyl (C=O) groups is 2. The van der Waals surface area contributed by atoms with Crippen LogP contribution in [0.2, 0.25) is 0 Å². The van der Waals surface area contributed by atoms with Gasteiger partial charge >= 0.3 is 0 Å². The summed E-state index contributed by atoms with van der Waals surface area (Å²) >= 11 is 0. The summed E-state index contributed by atoms with van der Waals surface area (Å²) in [6, 6.07) is 5.25. The summed E-state index contributed by atoms with van der Waals surface area (Å²) in [5.41, 5.74) is 0.554. The van der Waals surface area contributed by atoms with E-state index in [9.17, 15) is 9.59 Å². The third kappa shape index (κ3) is 3.79. The average Bonchev–Trinajstić information content (AvgIpc) is 3.08. The van der Waals surface area contributed by atoms with E-state index in [1.54, 1.807) is 25.3 Å². The first-order chi connectivity index (χ1) is 11.7. The third-order valence-corrected chi connectivity index (χ3v) is 4.34. The molecule has 2 aliphatic rings. The number of amides is 2. The van der Waals surface area contributed by atoms with Gasteiger partial charge in [-0.15, -0.1) is 0 Å². The van der Waals surface area contributed by atoms with E-state index in [1.807, 2.05) is 4.90 Å². The number of nitrogens with zero attached hydrogens (tertiary/aromatic N) is 1. The van der Waals surface area contributed by atoms with Gasteiger partial charge in [0.25, 0.3) is 5.91 Å². The van der Waals surface area contributed by atoms with Gasteiger partial charge in [0.05, 0.1) is 13.0 Å². The van der Waals surface area contributed by atoms with Gasteiger partial charge in [-0.3, -0.25) is 9.59 Å². The molecule has 1 N–H and O–H groups in total. The van der Waals surface area contributed by atoms with Crippen molar-refractivity contribution in [1.29, 1.82) is 0 Å². The first-order valence-corrected chi connectivity index (χ1v) is 8.14. The Morgan fingerprint density at radius 1 is 1.25 bits per heavy atom. The van der Waals surface area contributed by atoms with Crippen LogP contribution in [0.4, 0.5) is 0 Å². The molecule has 0 saturated carbocycles. The van der Waals surface area contributed by atoms with Gasteiger partial charge in [-0.1, -0.05) is 0 Å². The molecule has 24 heavy (non-hydrogen) atoms. The smallest absolute Gasteiger partial charge is 0.251 e. The Balaban J connectivity index is 1.49. The second-order valence-corrected chi connectivity index (χ2v) is 5.94. The number of methoxy groups -OCH3 is 1. The lowest BCUT2D eigenvalue weighted by Gasteiger charge is -2.32. The molecule has 1 aromatic carbocycles. The maximum absolute atomic E-state index is 12.4. The molecule has 0 atom stereocenters. The predicted molar refractivity (Wildman–Crippen MR) is 86.1 cm³/mol. The molecule has 0 bridgehead atoms. The van der Waals surface area contributed by atoms with Gasteiger partial charge in [0.15, 0.2) is 11.5 Å². The zero-order valence-electron chi connectivity index (χ0n) is 13.7. The quantitative estimate of drug-likeness (QED) is 0.875. The lowest BCUT2D eigenvalue weighted by molar-refractivity contribution is -0.133. The molecular formula is C17H22N2O5. The van der Waals surface area contributed by atoms with Gasteiger partial charge in [-0.05, 0) is 31.0 Å². The van der Waals surface area contributed by atoms with E-state index in [4.69, 9.17) is 14.2 Å². The lowest BCUT2D eigenvalue weighted by atomic mass is 10.0. The van der Waals surface area contributed by atoms with Gasteiger partial charge in [0.2, 0.25) is 12.7 Å². The van der Waals surface area contributed by atoms with Crippen molar-refractivity contribution in [2.75, 3.05) is 33.6 Å². The largest absolute Gasteiger partial charge is 0.454 e. The third-order valence-electron chi connectivity index (χ3n) is 4.34. The number of nitrogens with one attached hydrogen (secondary N) is 1. The van der Waals surface area contributed by atoms with Gasteiger partial charge < -0.3 is 24.4 Å². The molecule has 130 valence electrons. The summed E-state index contributed by atoms with van der Waals surface area (Å²) in [5.74, 6) is 1.24. The monoisotopic (exact) mass is 334 g/mol. The zero-order valence-corrected chi connectivity index (χ0v) is 13.7. The topological polar surface area (TPSA) is 77.1 Å². The Labute approximate surface area is 140 Å². The van der Waals surface area contributed by atoms with Crippen LogP contribution in [0, 0.1) is 0 Å². The van der Waals surface area contributed by atoms with Crippen molar-refractivity contribution < 1.29 is 23.8 Å². The van der Waals surface area contributed by atoms with Crippen LogP contribution in [0.1, 0.15) is 29.6 Å². The van der Waals surface area contributed by atoms with Gasteiger partial charge in [0.1, 0.15) is 0 Å². The van der Waals surface area contributed by atoms with E-state index >= 15 is 0 Å². The highest BCUT2D eigenvalue weighted by Crippen LogP contribution is 2.32. The Morgan fingerprint density at radius 2 is 2.00 bits per heavy atom. The van der Waals surface area contributed by atoms with Crippen molar-refractivity contribution in [3.63, 3.8) is 0 Å². The second-order valence-electron chi connectivity index (χ2n) is 5.94. The van der Waals surface area contributed by atoms with Crippen LogP contribution in [0.25, 0.3) is 0 Å². The summed E-state index contributed by atoms with van der Waals surface area (Å²) < 4.78 is 15.5. The first-order valence-electron chi connectivity index (χ1n) is 8.14. The molecular weight excluding hydrogens is 312 g/mol. The summed E-state index contributed by atoms with van der Waals surface area (Å²) in [6.07, 6.45) is 1.93.